The number of nitrogens with zero attached hydrogens (tertiary/aromatic N) is 9. The van der Waals surface area contributed by atoms with E-state index in [9.17, 15) is 19.2 Å². The first-order valence-corrected chi connectivity index (χ1v) is 24.8. The largest absolute Gasteiger partial charge is 0.457 e. The molecule has 5 aromatic rings. The molecule has 3 aromatic carbocycles. The van der Waals surface area contributed by atoms with E-state index < -0.39 is 6.04 Å². The fraction of sp³-hybridized carbons (Fsp3) is 0.481. The smallest absolute Gasteiger partial charge is 0.319 e. The van der Waals surface area contributed by atoms with Crippen LogP contribution in [-0.2, 0) is 16.1 Å². The lowest BCUT2D eigenvalue weighted by molar-refractivity contribution is -0.136. The number of anilines is 2. The van der Waals surface area contributed by atoms with Crippen LogP contribution in [0.4, 0.5) is 16.3 Å². The Morgan fingerprint density at radius 2 is 1.47 bits per heavy atom. The molecule has 5 fully saturated rings. The first-order chi connectivity index (χ1) is 33.2. The summed E-state index contributed by atoms with van der Waals surface area (Å²) in [6.45, 7) is 8.56. The maximum absolute atomic E-state index is 13.8. The van der Waals surface area contributed by atoms with E-state index in [1.54, 1.807) is 4.90 Å². The highest BCUT2D eigenvalue weighted by Gasteiger charge is 2.40. The van der Waals surface area contributed by atoms with Gasteiger partial charge in [0.2, 0.25) is 11.8 Å². The molecule has 0 radical (unpaired) electrons. The summed E-state index contributed by atoms with van der Waals surface area (Å²) in [4.78, 5) is 71.2. The number of rotatable bonds is 9. The minimum Gasteiger partial charge on any atom is -0.457 e. The summed E-state index contributed by atoms with van der Waals surface area (Å²) in [6.07, 6.45) is 10.6. The van der Waals surface area contributed by atoms with Crippen LogP contribution in [0.5, 0.6) is 11.5 Å². The summed E-state index contributed by atoms with van der Waals surface area (Å²) in [5.74, 6) is 2.98. The number of imide groups is 1. The molecule has 2 aromatic heterocycles. The van der Waals surface area contributed by atoms with Crippen LogP contribution in [0.1, 0.15) is 86.2 Å². The predicted molar refractivity (Wildman–Crippen MR) is 258 cm³/mol. The zero-order chi connectivity index (χ0) is 46.3. The van der Waals surface area contributed by atoms with Gasteiger partial charge < -0.3 is 35.0 Å². The Bertz CT molecular complexity index is 2670. The van der Waals surface area contributed by atoms with Gasteiger partial charge in [-0.3, -0.25) is 19.7 Å². The molecule has 11 rings (SSSR count). The number of urea groups is 1. The van der Waals surface area contributed by atoms with Crippen molar-refractivity contribution in [1.82, 2.24) is 44.7 Å². The number of aromatic nitrogens is 4. The Balaban J connectivity index is 0.634. The quantitative estimate of drug-likeness (QED) is 0.150. The van der Waals surface area contributed by atoms with Crippen molar-refractivity contribution in [2.24, 2.45) is 17.8 Å². The van der Waals surface area contributed by atoms with E-state index in [0.717, 1.165) is 155 Å². The maximum atomic E-state index is 13.8. The summed E-state index contributed by atoms with van der Waals surface area (Å²) in [7, 11) is 0. The second-order valence-electron chi connectivity index (χ2n) is 19.8. The van der Waals surface area contributed by atoms with Crippen molar-refractivity contribution < 1.29 is 23.9 Å². The van der Waals surface area contributed by atoms with E-state index in [4.69, 9.17) is 20.6 Å². The molecule has 5 saturated heterocycles. The number of nitrogens with one attached hydrogen (secondary N) is 1. The van der Waals surface area contributed by atoms with Gasteiger partial charge in [-0.2, -0.15) is 5.10 Å². The van der Waals surface area contributed by atoms with Crippen molar-refractivity contribution in [2.45, 2.75) is 82.8 Å². The molecule has 0 bridgehead atoms. The number of para-hydroxylation sites is 1. The maximum Gasteiger partial charge on any atom is 0.319 e. The Hall–Kier alpha value is -6.55. The molecule has 68 heavy (non-hydrogen) atoms. The molecule has 0 saturated carbocycles. The molecule has 6 aliphatic heterocycles. The van der Waals surface area contributed by atoms with Gasteiger partial charge in [-0.05, 0) is 142 Å². The molecule has 16 nitrogen and oxygen atoms in total. The van der Waals surface area contributed by atoms with Crippen molar-refractivity contribution in [3.05, 3.63) is 90.3 Å². The molecule has 5 amide bonds. The van der Waals surface area contributed by atoms with Gasteiger partial charge >= 0.3 is 6.03 Å². The number of hydrogen-bond acceptors (Lipinski definition) is 11. The van der Waals surface area contributed by atoms with Crippen LogP contribution >= 0.6 is 0 Å². The summed E-state index contributed by atoms with van der Waals surface area (Å²) in [5, 5.41) is 8.34. The molecule has 16 heteroatoms. The average Bonchev–Trinajstić information content (AvgIpc) is 3.93. The normalized spacial score (nSPS) is 22.5. The lowest BCUT2D eigenvalue weighted by atomic mass is 9.78. The van der Waals surface area contributed by atoms with Gasteiger partial charge in [-0.1, -0.05) is 18.2 Å². The SMILES string of the molecule is Nc1ncnc2c1c(-c1ccc(Oc3ccccc3)cc1)nn2[C@@H]1CCCN(CC2CCN(C(=O)N3CCC(C4CCN(c5ccc6c(c5)CN(C5CCC(=O)NC5=O)C6=O)CC4)CC3)CC2)C1. The van der Waals surface area contributed by atoms with Crippen molar-refractivity contribution in [2.75, 3.05) is 69.5 Å². The van der Waals surface area contributed by atoms with Crippen LogP contribution in [0.25, 0.3) is 22.3 Å². The first-order valence-electron chi connectivity index (χ1n) is 24.8. The third-order valence-electron chi connectivity index (χ3n) is 15.7. The molecule has 6 aliphatic rings. The molecular formula is C52H61N11O5. The van der Waals surface area contributed by atoms with Gasteiger partial charge in [0.25, 0.3) is 5.91 Å². The van der Waals surface area contributed by atoms with Crippen LogP contribution in [0, 0.1) is 17.8 Å². The highest BCUT2D eigenvalue weighted by atomic mass is 16.5. The lowest BCUT2D eigenvalue weighted by Crippen LogP contribution is -2.52. The van der Waals surface area contributed by atoms with Gasteiger partial charge in [0.1, 0.15) is 35.4 Å². The number of likely N-dealkylation sites (tertiary alicyclic amines) is 3. The molecule has 0 aliphatic carbocycles. The highest BCUT2D eigenvalue weighted by molar-refractivity contribution is 6.05. The monoisotopic (exact) mass is 919 g/mol. The number of nitrogens with two attached hydrogens (primary N) is 1. The van der Waals surface area contributed by atoms with E-state index in [-0.39, 0.29) is 36.2 Å². The van der Waals surface area contributed by atoms with E-state index in [1.165, 1.54) is 6.33 Å². The molecule has 2 atom stereocenters. The second kappa shape index (κ2) is 18.9. The van der Waals surface area contributed by atoms with Gasteiger partial charge in [0.15, 0.2) is 5.65 Å². The minimum absolute atomic E-state index is 0.134. The molecule has 8 heterocycles. The van der Waals surface area contributed by atoms with E-state index in [2.05, 4.69) is 40.6 Å². The molecule has 354 valence electrons. The number of fused-ring (bicyclic) bond motifs is 2. The Morgan fingerprint density at radius 3 is 2.21 bits per heavy atom. The third kappa shape index (κ3) is 8.85. The van der Waals surface area contributed by atoms with Crippen molar-refractivity contribution >= 4 is 46.3 Å². The van der Waals surface area contributed by atoms with E-state index in [0.29, 0.717) is 42.1 Å². The van der Waals surface area contributed by atoms with Gasteiger partial charge in [-0.15, -0.1) is 0 Å². The number of nitrogen functional groups attached to an aromatic ring is 1. The molecule has 1 unspecified atom stereocenters. The Labute approximate surface area is 396 Å². The summed E-state index contributed by atoms with van der Waals surface area (Å²) in [6, 6.07) is 23.5. The number of ether oxygens (including phenoxy) is 1. The fourth-order valence-electron chi connectivity index (χ4n) is 12.0. The number of benzene rings is 3. The summed E-state index contributed by atoms with van der Waals surface area (Å²) in [5.41, 5.74) is 11.7. The van der Waals surface area contributed by atoms with Crippen molar-refractivity contribution in [3.63, 3.8) is 0 Å². The van der Waals surface area contributed by atoms with Crippen molar-refractivity contribution in [3.8, 4) is 22.8 Å². The number of carbonyl (C=O) groups is 4. The topological polar surface area (TPSA) is 175 Å². The van der Waals surface area contributed by atoms with Gasteiger partial charge in [0.05, 0.1) is 11.4 Å². The molecule has 0 spiro atoms. The fourth-order valence-corrected chi connectivity index (χ4v) is 12.0. The average molecular weight is 920 g/mol. The van der Waals surface area contributed by atoms with Crippen LogP contribution in [0.15, 0.2) is 79.1 Å². The molecule has 3 N–H and O–H groups in total. The van der Waals surface area contributed by atoms with Gasteiger partial charge in [0, 0.05) is 82.1 Å². The Morgan fingerprint density at radius 1 is 0.765 bits per heavy atom. The third-order valence-corrected chi connectivity index (χ3v) is 15.7. The minimum atomic E-state index is -0.603. The first kappa shape index (κ1) is 44.0. The number of hydrogen-bond donors (Lipinski definition) is 2. The van der Waals surface area contributed by atoms with Gasteiger partial charge in [-0.25, -0.2) is 19.4 Å². The number of amides is 5. The number of carbonyl (C=O) groups excluding carboxylic acids is 4. The zero-order valence-corrected chi connectivity index (χ0v) is 38.7. The molecular weight excluding hydrogens is 859 g/mol. The second-order valence-corrected chi connectivity index (χ2v) is 19.8. The standard InChI is InChI=1S/C52H61N11O5/c53-48-46-47(37-8-11-42(12-9-37)68-41-6-2-1-3-7-41)57-63(49(46)55-33-54-48)40-5-4-22-58(32-40)30-34-16-23-60(24-17-34)52(67)61-27-20-36(21-28-61)35-18-25-59(26-19-35)39-10-13-43-38(29-39)31-62(51(43)66)44-14-15-45(64)56-50(44)65/h1-3,6-13,29,33-36,40,44H,4-5,14-28,30-32H2,(H2,53,54,55)(H,56,64,65)/t40-,44?/m1/s1. The van der Waals surface area contributed by atoms with Crippen LogP contribution in [-0.4, -0.2) is 128 Å². The zero-order valence-electron chi connectivity index (χ0n) is 38.7. The van der Waals surface area contributed by atoms with E-state index in [1.807, 2.05) is 66.7 Å². The van der Waals surface area contributed by atoms with Crippen LogP contribution in [0.2, 0.25) is 0 Å². The van der Waals surface area contributed by atoms with E-state index >= 15 is 0 Å². The number of piperidine rings is 5. The van der Waals surface area contributed by atoms with Crippen molar-refractivity contribution in [1.29, 1.82) is 0 Å². The highest BCUT2D eigenvalue weighted by Crippen LogP contribution is 2.38. The Kier molecular flexibility index (Phi) is 12.2. The predicted octanol–water partition coefficient (Wildman–Crippen LogP) is 6.73. The van der Waals surface area contributed by atoms with Crippen LogP contribution < -0.4 is 20.7 Å². The lowest BCUT2D eigenvalue weighted by Gasteiger charge is -2.43. The van der Waals surface area contributed by atoms with Crippen LogP contribution in [0.3, 0.4) is 0 Å². The summed E-state index contributed by atoms with van der Waals surface area (Å²) < 4.78 is 8.12. The summed E-state index contributed by atoms with van der Waals surface area (Å²) >= 11 is 0.